The Morgan fingerprint density at radius 3 is 2.41 bits per heavy atom. The molecule has 1 N–H and O–H groups in total. The Balaban J connectivity index is 2.09. The van der Waals surface area contributed by atoms with Crippen LogP contribution >= 0.6 is 0 Å². The van der Waals surface area contributed by atoms with Gasteiger partial charge in [0, 0.05) is 19.4 Å². The van der Waals surface area contributed by atoms with E-state index < -0.39 is 20.4 Å². The van der Waals surface area contributed by atoms with Gasteiger partial charge in [-0.1, -0.05) is 64.1 Å². The fourth-order valence-electron chi connectivity index (χ4n) is 3.70. The Hall–Kier alpha value is -2.25. The van der Waals surface area contributed by atoms with Gasteiger partial charge in [0.15, 0.2) is 14.1 Å². The summed E-state index contributed by atoms with van der Waals surface area (Å²) in [6, 6.07) is 9.63. The van der Waals surface area contributed by atoms with Crippen LogP contribution in [0.3, 0.4) is 0 Å². The molecule has 1 fully saturated rings. The van der Waals surface area contributed by atoms with Gasteiger partial charge >= 0.3 is 5.97 Å². The Kier molecular flexibility index (Phi) is 8.59. The zero-order valence-electron chi connectivity index (χ0n) is 20.1. The highest BCUT2D eigenvalue weighted by atomic mass is 28.4. The molecule has 0 aliphatic carbocycles. The molecule has 1 heterocycles. The minimum Gasteiger partial charge on any atom is -0.481 e. The summed E-state index contributed by atoms with van der Waals surface area (Å²) in [5.41, 5.74) is 1.05. The summed E-state index contributed by atoms with van der Waals surface area (Å²) in [6.07, 6.45) is 2.90. The van der Waals surface area contributed by atoms with E-state index >= 15 is 0 Å². The minimum absolute atomic E-state index is 0.0169. The number of hydrogen-bond acceptors (Lipinski definition) is 4. The molecule has 176 valence electrons. The number of ketones is 1. The number of carboxylic acids is 1. The molecule has 1 aliphatic rings. The van der Waals surface area contributed by atoms with Crippen molar-refractivity contribution in [2.24, 2.45) is 5.92 Å². The fourth-order valence-corrected chi connectivity index (χ4v) is 5.05. The Bertz CT molecular complexity index is 844. The van der Waals surface area contributed by atoms with Crippen molar-refractivity contribution in [3.63, 3.8) is 0 Å². The molecular weight excluding hydrogens is 422 g/mol. The van der Waals surface area contributed by atoms with Gasteiger partial charge in [0.05, 0.1) is 18.6 Å². The summed E-state index contributed by atoms with van der Waals surface area (Å²) in [7, 11) is -2.22. The third kappa shape index (κ3) is 7.13. The van der Waals surface area contributed by atoms with E-state index in [4.69, 9.17) is 4.43 Å². The van der Waals surface area contributed by atoms with Gasteiger partial charge in [-0.05, 0) is 35.7 Å². The molecule has 0 bridgehead atoms. The lowest BCUT2D eigenvalue weighted by atomic mass is 10.0. The first-order valence-electron chi connectivity index (χ1n) is 11.2. The van der Waals surface area contributed by atoms with Crippen LogP contribution in [0.25, 0.3) is 0 Å². The van der Waals surface area contributed by atoms with E-state index in [9.17, 15) is 19.5 Å². The highest BCUT2D eigenvalue weighted by Crippen LogP contribution is 2.38. The molecule has 0 spiro atoms. The van der Waals surface area contributed by atoms with Crippen LogP contribution in [0, 0.1) is 5.92 Å². The highest BCUT2D eigenvalue weighted by Gasteiger charge is 2.40. The molecule has 0 aromatic heterocycles. The maximum absolute atomic E-state index is 12.7. The van der Waals surface area contributed by atoms with Crippen molar-refractivity contribution >= 4 is 26.0 Å². The molecule has 0 saturated carbocycles. The third-order valence-corrected chi connectivity index (χ3v) is 11.1. The first kappa shape index (κ1) is 26.0. The number of carbonyl (C=O) groups is 3. The monoisotopic (exact) mass is 459 g/mol. The van der Waals surface area contributed by atoms with E-state index in [1.807, 2.05) is 42.2 Å². The topological polar surface area (TPSA) is 83.9 Å². The van der Waals surface area contributed by atoms with Gasteiger partial charge < -0.3 is 14.4 Å². The zero-order valence-corrected chi connectivity index (χ0v) is 21.1. The summed E-state index contributed by atoms with van der Waals surface area (Å²) < 4.78 is 6.23. The lowest BCUT2D eigenvalue weighted by Gasteiger charge is -2.38. The number of amides is 1. The van der Waals surface area contributed by atoms with Gasteiger partial charge in [-0.2, -0.15) is 0 Å². The number of nitrogens with zero attached hydrogens (tertiary/aromatic N) is 1. The van der Waals surface area contributed by atoms with Crippen molar-refractivity contribution in [1.82, 2.24) is 4.90 Å². The van der Waals surface area contributed by atoms with E-state index in [0.717, 1.165) is 5.56 Å². The Morgan fingerprint density at radius 1 is 1.22 bits per heavy atom. The third-order valence-electron chi connectivity index (χ3n) is 6.53. The molecule has 32 heavy (non-hydrogen) atoms. The van der Waals surface area contributed by atoms with Gasteiger partial charge in [-0.25, -0.2) is 0 Å². The average Bonchev–Trinajstić information content (AvgIpc) is 2.91. The smallest absolute Gasteiger partial charge is 0.305 e. The van der Waals surface area contributed by atoms with E-state index in [1.165, 1.54) is 6.08 Å². The van der Waals surface area contributed by atoms with Crippen LogP contribution in [0.2, 0.25) is 18.1 Å². The maximum atomic E-state index is 12.7. The average molecular weight is 460 g/mol. The molecule has 1 saturated heterocycles. The summed E-state index contributed by atoms with van der Waals surface area (Å²) in [6.45, 7) is 12.9. The second kappa shape index (κ2) is 10.6. The van der Waals surface area contributed by atoms with Crippen LogP contribution in [0.1, 0.15) is 52.5 Å². The summed E-state index contributed by atoms with van der Waals surface area (Å²) in [5, 5.41) is 9.22. The number of hydrogen-bond donors (Lipinski definition) is 1. The molecule has 6 nitrogen and oxygen atoms in total. The second-order valence-electron chi connectivity index (χ2n) is 10.3. The van der Waals surface area contributed by atoms with E-state index in [2.05, 4.69) is 33.9 Å². The quantitative estimate of drug-likeness (QED) is 0.401. The molecule has 1 aromatic rings. The molecule has 0 unspecified atom stereocenters. The number of likely N-dealkylation sites (tertiary alicyclic amines) is 1. The zero-order chi connectivity index (χ0) is 24.1. The lowest BCUT2D eigenvalue weighted by molar-refractivity contribution is -0.139. The molecule has 1 aliphatic heterocycles. The van der Waals surface area contributed by atoms with Crippen LogP contribution in [0.5, 0.6) is 0 Å². The van der Waals surface area contributed by atoms with Crippen molar-refractivity contribution in [1.29, 1.82) is 0 Å². The molecule has 2 rings (SSSR count). The molecule has 1 aromatic carbocycles. The van der Waals surface area contributed by atoms with Gasteiger partial charge in [0.2, 0.25) is 5.91 Å². The number of benzene rings is 1. The van der Waals surface area contributed by atoms with Crippen LogP contribution in [-0.4, -0.2) is 48.1 Å². The number of aliphatic carboxylic acids is 1. The normalized spacial score (nSPS) is 20.7. The lowest BCUT2D eigenvalue weighted by Crippen LogP contribution is -2.44. The number of carbonyl (C=O) groups excluding carboxylic acids is 2. The molecule has 0 radical (unpaired) electrons. The summed E-state index contributed by atoms with van der Waals surface area (Å²) >= 11 is 0. The molecule has 1 amide bonds. The molecular formula is C25H37NO5Si. The largest absolute Gasteiger partial charge is 0.481 e. The van der Waals surface area contributed by atoms with Gasteiger partial charge in [0.25, 0.3) is 0 Å². The molecule has 7 heteroatoms. The van der Waals surface area contributed by atoms with Gasteiger partial charge in [0.1, 0.15) is 0 Å². The van der Waals surface area contributed by atoms with Gasteiger partial charge in [-0.3, -0.25) is 14.4 Å². The molecule has 3 atom stereocenters. The summed E-state index contributed by atoms with van der Waals surface area (Å²) in [4.78, 5) is 38.4. The second-order valence-corrected chi connectivity index (χ2v) is 15.1. The van der Waals surface area contributed by atoms with Crippen molar-refractivity contribution in [3.8, 4) is 0 Å². The first-order chi connectivity index (χ1) is 14.8. The van der Waals surface area contributed by atoms with Crippen LogP contribution < -0.4 is 0 Å². The Morgan fingerprint density at radius 2 is 1.84 bits per heavy atom. The fraction of sp³-hybridized carbons (Fsp3) is 0.560. The first-order valence-corrected chi connectivity index (χ1v) is 14.1. The van der Waals surface area contributed by atoms with Crippen molar-refractivity contribution in [3.05, 3.63) is 48.0 Å². The van der Waals surface area contributed by atoms with E-state index in [0.29, 0.717) is 13.0 Å². The standard InChI is InChI=1S/C25H37NO5Si/c1-18-14-23(28)26(17-19-10-8-7-9-11-19)22(18)13-12-20(27)15-21(16-24(29)30)31-32(5,6)25(2,3)4/h7-13,18,21-22H,14-17H2,1-6H3,(H,29,30)/b13-12+/t18-,21+,22+/m0/s1. The highest BCUT2D eigenvalue weighted by molar-refractivity contribution is 6.74. The van der Waals surface area contributed by atoms with Crippen LogP contribution in [0.15, 0.2) is 42.5 Å². The van der Waals surface area contributed by atoms with Gasteiger partial charge in [-0.15, -0.1) is 0 Å². The van der Waals surface area contributed by atoms with Crippen LogP contribution in [-0.2, 0) is 25.4 Å². The summed E-state index contributed by atoms with van der Waals surface area (Å²) in [5.74, 6) is -0.974. The van der Waals surface area contributed by atoms with E-state index in [1.54, 1.807) is 6.08 Å². The predicted octanol–water partition coefficient (Wildman–Crippen LogP) is 4.80. The van der Waals surface area contributed by atoms with Crippen molar-refractivity contribution in [2.45, 2.75) is 83.8 Å². The predicted molar refractivity (Wildman–Crippen MR) is 128 cm³/mol. The SMILES string of the molecule is C[C@H]1CC(=O)N(Cc2ccccc2)[C@@H]1/C=C/C(=O)C[C@H](CC(=O)O)O[Si](C)(C)C(C)(C)C. The van der Waals surface area contributed by atoms with Crippen molar-refractivity contribution < 1.29 is 23.9 Å². The van der Waals surface area contributed by atoms with Crippen LogP contribution in [0.4, 0.5) is 0 Å². The Labute approximate surface area is 192 Å². The van der Waals surface area contributed by atoms with E-state index in [-0.39, 0.29) is 41.5 Å². The minimum atomic E-state index is -2.22. The number of rotatable bonds is 10. The van der Waals surface area contributed by atoms with Crippen molar-refractivity contribution in [2.75, 3.05) is 0 Å². The number of carboxylic acid groups (broad SMARTS) is 1. The number of allylic oxidation sites excluding steroid dienone is 1. The maximum Gasteiger partial charge on any atom is 0.305 e.